The van der Waals surface area contributed by atoms with Gasteiger partial charge in [0.2, 0.25) is 0 Å². The molecule has 0 aliphatic heterocycles. The van der Waals surface area contributed by atoms with Crippen molar-refractivity contribution in [3.8, 4) is 0 Å². The molecule has 0 aromatic rings. The molecule has 1 atom stereocenters. The quantitative estimate of drug-likeness (QED) is 0.495. The molecule has 6 heavy (non-hydrogen) atoms. The molecule has 0 heterocycles. The van der Waals surface area contributed by atoms with Gasteiger partial charge in [0.05, 0.1) is 4.95 Å². The molecule has 0 rings (SSSR count). The lowest BCUT2D eigenvalue weighted by Gasteiger charge is -1.98. The van der Waals surface area contributed by atoms with Crippen molar-refractivity contribution < 1.29 is 0 Å². The fourth-order valence-electron chi connectivity index (χ4n) is 0. The molecule has 2 N–H and O–H groups in total. The summed E-state index contributed by atoms with van der Waals surface area (Å²) in [5, 5.41) is 0. The van der Waals surface area contributed by atoms with Crippen molar-refractivity contribution >= 4 is 39.1 Å². The Morgan fingerprint density at radius 2 is 1.67 bits per heavy atom. The predicted octanol–water partition coefficient (Wildman–Crippen LogP) is 1.47. The first kappa shape index (κ1) is 7.02. The van der Waals surface area contributed by atoms with E-state index in [1.54, 1.807) is 0 Å². The molecular formula is C2H4BrCl2N. The molecule has 1 nitrogen and oxygen atoms in total. The van der Waals surface area contributed by atoms with Gasteiger partial charge in [0.15, 0.2) is 0 Å². The molecular weight excluding hydrogens is 189 g/mol. The van der Waals surface area contributed by atoms with E-state index in [1.165, 1.54) is 0 Å². The van der Waals surface area contributed by atoms with E-state index < -0.39 is 4.84 Å². The summed E-state index contributed by atoms with van der Waals surface area (Å²) in [6.45, 7) is 0. The van der Waals surface area contributed by atoms with Gasteiger partial charge in [-0.2, -0.15) is 0 Å². The van der Waals surface area contributed by atoms with Crippen LogP contribution in [0.25, 0.3) is 0 Å². The van der Waals surface area contributed by atoms with E-state index >= 15 is 0 Å². The number of nitrogens with two attached hydrogens (primary N) is 1. The summed E-state index contributed by atoms with van der Waals surface area (Å²) in [5.41, 5.74) is 5.09. The van der Waals surface area contributed by atoms with Gasteiger partial charge in [0.25, 0.3) is 0 Å². The Morgan fingerprint density at radius 3 is 1.67 bits per heavy atom. The lowest BCUT2D eigenvalue weighted by molar-refractivity contribution is 1.02. The molecule has 0 saturated heterocycles. The molecule has 0 radical (unpaired) electrons. The Labute approximate surface area is 54.9 Å². The third-order valence-corrected chi connectivity index (χ3v) is 1.92. The number of rotatable bonds is 1. The van der Waals surface area contributed by atoms with Crippen LogP contribution >= 0.6 is 39.1 Å². The monoisotopic (exact) mass is 191 g/mol. The van der Waals surface area contributed by atoms with Gasteiger partial charge in [-0.1, -0.05) is 15.9 Å². The minimum absolute atomic E-state index is 0.305. The molecule has 0 fully saturated rings. The highest BCUT2D eigenvalue weighted by Gasteiger charge is 2.03. The maximum atomic E-state index is 5.21. The number of alkyl halides is 3. The first-order valence-corrected chi connectivity index (χ1v) is 3.11. The minimum atomic E-state index is -0.509. The highest BCUT2D eigenvalue weighted by atomic mass is 79.9. The van der Waals surface area contributed by atoms with Crippen molar-refractivity contribution in [3.63, 3.8) is 0 Å². The number of halogens is 3. The van der Waals surface area contributed by atoms with E-state index in [4.69, 9.17) is 28.9 Å². The second kappa shape index (κ2) is 3.08. The van der Waals surface area contributed by atoms with Crippen LogP contribution in [0.4, 0.5) is 0 Å². The molecule has 0 aromatic heterocycles. The highest BCUT2D eigenvalue weighted by Crippen LogP contribution is 2.09. The summed E-state index contributed by atoms with van der Waals surface area (Å²) >= 11 is 13.4. The standard InChI is InChI=1S/C2H4BrCl2N/c3-1(6)2(4)5/h1-2H,6H2. The highest BCUT2D eigenvalue weighted by molar-refractivity contribution is 9.09. The zero-order valence-electron chi connectivity index (χ0n) is 2.87. The van der Waals surface area contributed by atoms with Crippen molar-refractivity contribution in [1.82, 2.24) is 0 Å². The van der Waals surface area contributed by atoms with E-state index in [0.29, 0.717) is 0 Å². The van der Waals surface area contributed by atoms with E-state index in [1.807, 2.05) is 0 Å². The van der Waals surface area contributed by atoms with Crippen molar-refractivity contribution in [2.75, 3.05) is 0 Å². The predicted molar refractivity (Wildman–Crippen MR) is 32.4 cm³/mol. The Kier molecular flexibility index (Phi) is 3.60. The number of hydrogen-bond acceptors (Lipinski definition) is 1. The Bertz CT molecular complexity index is 32.5. The fourth-order valence-corrected chi connectivity index (χ4v) is 0. The summed E-state index contributed by atoms with van der Waals surface area (Å²) in [4.78, 5) is -0.814. The zero-order valence-corrected chi connectivity index (χ0v) is 5.96. The van der Waals surface area contributed by atoms with E-state index in [9.17, 15) is 0 Å². The van der Waals surface area contributed by atoms with Gasteiger partial charge in [-0.05, 0) is 0 Å². The Morgan fingerprint density at radius 1 is 1.50 bits per heavy atom. The molecule has 0 amide bonds. The van der Waals surface area contributed by atoms with Crippen molar-refractivity contribution in [2.24, 2.45) is 5.73 Å². The molecule has 0 aromatic carbocycles. The SMILES string of the molecule is NC(Br)C(Cl)Cl. The summed E-state index contributed by atoms with van der Waals surface area (Å²) in [5.74, 6) is 0. The summed E-state index contributed by atoms with van der Waals surface area (Å²) in [6, 6.07) is 0. The first-order chi connectivity index (χ1) is 2.64. The average molecular weight is 193 g/mol. The molecule has 1 unspecified atom stereocenters. The Hall–Kier alpha value is 1.02. The molecule has 0 aliphatic rings. The van der Waals surface area contributed by atoms with Crippen molar-refractivity contribution in [1.29, 1.82) is 0 Å². The summed E-state index contributed by atoms with van der Waals surface area (Å²) < 4.78 is 0. The molecule has 0 spiro atoms. The first-order valence-electron chi connectivity index (χ1n) is 1.32. The maximum Gasteiger partial charge on any atom is 0.132 e. The van der Waals surface area contributed by atoms with Gasteiger partial charge in [-0.3, -0.25) is 0 Å². The van der Waals surface area contributed by atoms with Gasteiger partial charge in [0, 0.05) is 0 Å². The van der Waals surface area contributed by atoms with E-state index in [2.05, 4.69) is 15.9 Å². The molecule has 0 aliphatic carbocycles. The summed E-state index contributed by atoms with van der Waals surface area (Å²) in [7, 11) is 0. The second-order valence-corrected chi connectivity index (χ2v) is 3.00. The lowest BCUT2D eigenvalue weighted by Crippen LogP contribution is -2.18. The van der Waals surface area contributed by atoms with Gasteiger partial charge in [-0.15, -0.1) is 23.2 Å². The van der Waals surface area contributed by atoms with Crippen LogP contribution in [0.2, 0.25) is 0 Å². The third kappa shape index (κ3) is 3.22. The fraction of sp³-hybridized carbons (Fsp3) is 1.00. The van der Waals surface area contributed by atoms with Gasteiger partial charge < -0.3 is 5.73 Å². The lowest BCUT2D eigenvalue weighted by atomic mass is 10.8. The molecule has 4 heteroatoms. The van der Waals surface area contributed by atoms with Crippen LogP contribution in [0.1, 0.15) is 0 Å². The van der Waals surface area contributed by atoms with Gasteiger partial charge in [-0.25, -0.2) is 0 Å². The topological polar surface area (TPSA) is 26.0 Å². The second-order valence-electron chi connectivity index (χ2n) is 0.779. The van der Waals surface area contributed by atoms with Crippen LogP contribution in [0.5, 0.6) is 0 Å². The average Bonchev–Trinajstić information content (AvgIpc) is 1.36. The normalized spacial score (nSPS) is 15.5. The minimum Gasteiger partial charge on any atom is -0.317 e. The van der Waals surface area contributed by atoms with Crippen LogP contribution in [0, 0.1) is 0 Å². The molecule has 0 bridgehead atoms. The molecule has 0 saturated carbocycles. The van der Waals surface area contributed by atoms with Crippen LogP contribution in [0.15, 0.2) is 0 Å². The maximum absolute atomic E-state index is 5.21. The Balaban J connectivity index is 2.99. The zero-order chi connectivity index (χ0) is 5.15. The van der Waals surface area contributed by atoms with Gasteiger partial charge in [0.1, 0.15) is 4.84 Å². The van der Waals surface area contributed by atoms with Gasteiger partial charge >= 0.3 is 0 Å². The summed E-state index contributed by atoms with van der Waals surface area (Å²) in [6.07, 6.45) is 0. The van der Waals surface area contributed by atoms with Crippen LogP contribution in [-0.4, -0.2) is 9.79 Å². The van der Waals surface area contributed by atoms with Crippen molar-refractivity contribution in [3.05, 3.63) is 0 Å². The molecule has 38 valence electrons. The number of hydrogen-bond donors (Lipinski definition) is 1. The third-order valence-electron chi connectivity index (χ3n) is 0.241. The van der Waals surface area contributed by atoms with Crippen LogP contribution in [0.3, 0.4) is 0 Å². The van der Waals surface area contributed by atoms with Crippen LogP contribution < -0.4 is 5.73 Å². The van der Waals surface area contributed by atoms with Crippen LogP contribution in [-0.2, 0) is 0 Å². The van der Waals surface area contributed by atoms with E-state index in [-0.39, 0.29) is 4.95 Å². The largest absolute Gasteiger partial charge is 0.317 e. The van der Waals surface area contributed by atoms with E-state index in [0.717, 1.165) is 0 Å². The van der Waals surface area contributed by atoms with Crippen molar-refractivity contribution in [2.45, 2.75) is 9.79 Å². The smallest absolute Gasteiger partial charge is 0.132 e.